The fraction of sp³-hybridized carbons (Fsp3) is 0.323. The minimum atomic E-state index is -0.696. The number of carboxylic acids is 1. The quantitative estimate of drug-likeness (QED) is 0.380. The third-order valence-corrected chi connectivity index (χ3v) is 7.16. The van der Waals surface area contributed by atoms with Crippen LogP contribution in [-0.2, 0) is 16.6 Å². The molecule has 36 heavy (non-hydrogen) atoms. The number of allylic oxidation sites excluding steroid dienone is 1. The molecule has 1 aliphatic heterocycles. The Bertz CT molecular complexity index is 1090. The van der Waals surface area contributed by atoms with Crippen LogP contribution in [0.1, 0.15) is 29.5 Å². The summed E-state index contributed by atoms with van der Waals surface area (Å²) < 4.78 is 10.9. The Morgan fingerprint density at radius 3 is 2.06 bits per heavy atom. The van der Waals surface area contributed by atoms with Crippen molar-refractivity contribution in [1.29, 1.82) is 0 Å². The van der Waals surface area contributed by atoms with Crippen molar-refractivity contribution < 1.29 is 19.4 Å². The van der Waals surface area contributed by atoms with Gasteiger partial charge >= 0.3 is 5.97 Å². The van der Waals surface area contributed by atoms with E-state index in [0.717, 1.165) is 48.4 Å². The van der Waals surface area contributed by atoms with E-state index in [0.29, 0.717) is 13.1 Å². The number of benzene rings is 3. The van der Waals surface area contributed by atoms with Crippen LogP contribution in [0, 0.1) is 5.92 Å². The van der Waals surface area contributed by atoms with Crippen molar-refractivity contribution in [3.05, 3.63) is 108 Å². The van der Waals surface area contributed by atoms with Crippen molar-refractivity contribution in [1.82, 2.24) is 4.90 Å². The lowest BCUT2D eigenvalue weighted by Crippen LogP contribution is -2.39. The lowest BCUT2D eigenvalue weighted by atomic mass is 9.70. The zero-order chi connectivity index (χ0) is 25.4. The number of carboxylic acid groups (broad SMARTS) is 1. The highest BCUT2D eigenvalue weighted by Crippen LogP contribution is 2.39. The van der Waals surface area contributed by atoms with Gasteiger partial charge in [-0.05, 0) is 66.8 Å². The maximum atomic E-state index is 11.5. The molecule has 0 aromatic heterocycles. The number of aliphatic carboxylic acids is 1. The van der Waals surface area contributed by atoms with E-state index in [9.17, 15) is 9.90 Å². The third kappa shape index (κ3) is 5.97. The molecule has 3 aromatic carbocycles. The highest BCUT2D eigenvalue weighted by Gasteiger charge is 2.32. The van der Waals surface area contributed by atoms with E-state index in [-0.39, 0.29) is 5.92 Å². The van der Waals surface area contributed by atoms with Gasteiger partial charge in [0.2, 0.25) is 0 Å². The zero-order valence-corrected chi connectivity index (χ0v) is 21.1. The number of hydrogen-bond acceptors (Lipinski definition) is 4. The van der Waals surface area contributed by atoms with Gasteiger partial charge in [0, 0.05) is 18.5 Å². The van der Waals surface area contributed by atoms with E-state index >= 15 is 0 Å². The fourth-order valence-electron chi connectivity index (χ4n) is 5.14. The number of rotatable bonds is 10. The second-order valence-electron chi connectivity index (χ2n) is 9.43. The van der Waals surface area contributed by atoms with E-state index < -0.39 is 11.4 Å². The summed E-state index contributed by atoms with van der Waals surface area (Å²) in [4.78, 5) is 13.8. The highest BCUT2D eigenvalue weighted by molar-refractivity contribution is 5.70. The predicted molar refractivity (Wildman–Crippen MR) is 143 cm³/mol. The first-order valence-corrected chi connectivity index (χ1v) is 12.5. The molecule has 1 saturated heterocycles. The molecular weight excluding hydrogens is 450 g/mol. The number of ether oxygens (including phenoxy) is 2. The molecule has 0 aliphatic carbocycles. The van der Waals surface area contributed by atoms with Crippen molar-refractivity contribution in [2.24, 2.45) is 5.92 Å². The standard InChI is InChI=1S/C31H35NO4/c1-35-28-15-11-26(12-16-28)31(22-24-8-4-3-5-9-24,27-13-17-29(36-2)18-14-27)19-7-21-32-20-6-10-25(23-32)30(33)34/h3-5,7-9,11-19,25H,6,10,20-23H2,1-2H3,(H,33,34)/b19-7-. The molecule has 5 nitrogen and oxygen atoms in total. The molecule has 3 aromatic rings. The molecule has 5 heteroatoms. The number of carbonyl (C=O) groups is 1. The Morgan fingerprint density at radius 1 is 0.944 bits per heavy atom. The highest BCUT2D eigenvalue weighted by atomic mass is 16.5. The van der Waals surface area contributed by atoms with E-state index in [1.807, 2.05) is 30.3 Å². The summed E-state index contributed by atoms with van der Waals surface area (Å²) in [6.07, 6.45) is 6.96. The topological polar surface area (TPSA) is 59.0 Å². The summed E-state index contributed by atoms with van der Waals surface area (Å²) in [5.41, 5.74) is 3.13. The van der Waals surface area contributed by atoms with Gasteiger partial charge in [-0.25, -0.2) is 0 Å². The summed E-state index contributed by atoms with van der Waals surface area (Å²) in [6.45, 7) is 2.23. The van der Waals surface area contributed by atoms with Gasteiger partial charge in [0.05, 0.1) is 20.1 Å². The van der Waals surface area contributed by atoms with Crippen LogP contribution in [0.5, 0.6) is 11.5 Å². The average molecular weight is 486 g/mol. The van der Waals surface area contributed by atoms with Crippen LogP contribution in [0.25, 0.3) is 0 Å². The second-order valence-corrected chi connectivity index (χ2v) is 9.43. The molecule has 0 saturated carbocycles. The van der Waals surface area contributed by atoms with Gasteiger partial charge in [-0.1, -0.05) is 66.7 Å². The van der Waals surface area contributed by atoms with Crippen molar-refractivity contribution in [3.63, 3.8) is 0 Å². The van der Waals surface area contributed by atoms with E-state index in [1.54, 1.807) is 14.2 Å². The predicted octanol–water partition coefficient (Wildman–Crippen LogP) is 5.59. The SMILES string of the molecule is COc1ccc(C(/C=C\CN2CCCC(C(=O)O)C2)(Cc2ccccc2)c2ccc(OC)cc2)cc1. The smallest absolute Gasteiger partial charge is 0.307 e. The van der Waals surface area contributed by atoms with Crippen molar-refractivity contribution in [2.75, 3.05) is 33.9 Å². The Balaban J connectivity index is 1.75. The van der Waals surface area contributed by atoms with Crippen LogP contribution in [-0.4, -0.2) is 49.8 Å². The summed E-state index contributed by atoms with van der Waals surface area (Å²) in [5.74, 6) is 0.654. The van der Waals surface area contributed by atoms with Crippen molar-refractivity contribution in [2.45, 2.75) is 24.7 Å². The Labute approximate surface area is 214 Å². The molecule has 4 rings (SSSR count). The monoisotopic (exact) mass is 485 g/mol. The molecule has 1 heterocycles. The fourth-order valence-corrected chi connectivity index (χ4v) is 5.14. The molecule has 0 bridgehead atoms. The van der Waals surface area contributed by atoms with Gasteiger partial charge in [-0.3, -0.25) is 9.69 Å². The molecule has 1 unspecified atom stereocenters. The summed E-state index contributed by atoms with van der Waals surface area (Å²) >= 11 is 0. The Kier molecular flexibility index (Phi) is 8.44. The maximum Gasteiger partial charge on any atom is 0.307 e. The zero-order valence-electron chi connectivity index (χ0n) is 21.1. The summed E-state index contributed by atoms with van der Waals surface area (Å²) in [5, 5.41) is 9.49. The van der Waals surface area contributed by atoms with Gasteiger partial charge in [-0.15, -0.1) is 0 Å². The molecular formula is C31H35NO4. The second kappa shape index (κ2) is 11.9. The van der Waals surface area contributed by atoms with Crippen LogP contribution < -0.4 is 9.47 Å². The molecule has 1 N–H and O–H groups in total. The van der Waals surface area contributed by atoms with Crippen LogP contribution in [0.15, 0.2) is 91.0 Å². The number of piperidine rings is 1. The van der Waals surface area contributed by atoms with E-state index in [1.165, 1.54) is 5.56 Å². The van der Waals surface area contributed by atoms with Crippen LogP contribution in [0.3, 0.4) is 0 Å². The largest absolute Gasteiger partial charge is 0.497 e. The first-order chi connectivity index (χ1) is 17.5. The van der Waals surface area contributed by atoms with Crippen LogP contribution in [0.4, 0.5) is 0 Å². The molecule has 1 atom stereocenters. The lowest BCUT2D eigenvalue weighted by Gasteiger charge is -2.34. The van der Waals surface area contributed by atoms with Crippen LogP contribution in [0.2, 0.25) is 0 Å². The minimum Gasteiger partial charge on any atom is -0.497 e. The first-order valence-electron chi connectivity index (χ1n) is 12.5. The number of methoxy groups -OCH3 is 2. The van der Waals surface area contributed by atoms with Gasteiger partial charge in [-0.2, -0.15) is 0 Å². The number of nitrogens with zero attached hydrogens (tertiary/aromatic N) is 1. The molecule has 0 amide bonds. The number of likely N-dealkylation sites (tertiary alicyclic amines) is 1. The number of hydrogen-bond donors (Lipinski definition) is 1. The minimum absolute atomic E-state index is 0.288. The van der Waals surface area contributed by atoms with Crippen molar-refractivity contribution in [3.8, 4) is 11.5 Å². The van der Waals surface area contributed by atoms with Crippen molar-refractivity contribution >= 4 is 5.97 Å². The average Bonchev–Trinajstić information content (AvgIpc) is 2.93. The molecule has 0 radical (unpaired) electrons. The van der Waals surface area contributed by atoms with Gasteiger partial charge < -0.3 is 14.6 Å². The normalized spacial score (nSPS) is 16.7. The summed E-state index contributed by atoms with van der Waals surface area (Å²) in [7, 11) is 3.36. The molecule has 0 spiro atoms. The maximum absolute atomic E-state index is 11.5. The third-order valence-electron chi connectivity index (χ3n) is 7.16. The summed E-state index contributed by atoms with van der Waals surface area (Å²) in [6, 6.07) is 27.1. The molecule has 1 aliphatic rings. The first kappa shape index (κ1) is 25.5. The van der Waals surface area contributed by atoms with E-state index in [2.05, 4.69) is 65.6 Å². The molecule has 188 valence electrons. The molecule has 1 fully saturated rings. The van der Waals surface area contributed by atoms with E-state index in [4.69, 9.17) is 9.47 Å². The Hall–Kier alpha value is -3.57. The van der Waals surface area contributed by atoms with Gasteiger partial charge in [0.1, 0.15) is 11.5 Å². The lowest BCUT2D eigenvalue weighted by molar-refractivity contribution is -0.143. The van der Waals surface area contributed by atoms with Gasteiger partial charge in [0.25, 0.3) is 0 Å². The van der Waals surface area contributed by atoms with Crippen LogP contribution >= 0.6 is 0 Å². The Morgan fingerprint density at radius 2 is 1.53 bits per heavy atom. The van der Waals surface area contributed by atoms with Gasteiger partial charge in [0.15, 0.2) is 0 Å².